The van der Waals surface area contributed by atoms with Crippen LogP contribution in [0.25, 0.3) is 0 Å². The summed E-state index contributed by atoms with van der Waals surface area (Å²) in [4.78, 5) is 59.7. The van der Waals surface area contributed by atoms with E-state index in [2.05, 4.69) is 47.0 Å². The zero-order valence-electron chi connectivity index (χ0n) is 29.6. The zero-order chi connectivity index (χ0) is 34.8. The van der Waals surface area contributed by atoms with Crippen LogP contribution in [0.15, 0.2) is 23.2 Å². The smallest absolute Gasteiger partial charge is 0.255 e. The molecule has 2 amide bonds. The van der Waals surface area contributed by atoms with Gasteiger partial charge in [0.05, 0.1) is 30.2 Å². The third-order valence-electron chi connectivity index (χ3n) is 11.3. The lowest BCUT2D eigenvalue weighted by molar-refractivity contribution is -0.121. The van der Waals surface area contributed by atoms with Gasteiger partial charge >= 0.3 is 0 Å². The highest BCUT2D eigenvalue weighted by Gasteiger charge is 2.48. The molecule has 270 valence electrons. The van der Waals surface area contributed by atoms with Gasteiger partial charge in [-0.15, -0.1) is 0 Å². The topological polar surface area (TPSA) is 130 Å². The fraction of sp³-hybridized carbons (Fsp3) is 0.694. The number of aldehydes is 2. The number of anilines is 1. The minimum atomic E-state index is -0.751. The summed E-state index contributed by atoms with van der Waals surface area (Å²) in [7, 11) is 4.87. The second-order valence-electron chi connectivity index (χ2n) is 14.3. The van der Waals surface area contributed by atoms with Crippen molar-refractivity contribution in [3.63, 3.8) is 0 Å². The summed E-state index contributed by atoms with van der Waals surface area (Å²) in [6.45, 7) is 7.19. The molecule has 1 aromatic carbocycles. The summed E-state index contributed by atoms with van der Waals surface area (Å²) < 4.78 is 2.60. The largest absolute Gasteiger partial charge is 0.371 e. The number of likely N-dealkylation sites (N-methyl/N-ethyl adjacent to an activating group) is 1. The van der Waals surface area contributed by atoms with Crippen molar-refractivity contribution in [2.24, 2.45) is 10.4 Å². The molecule has 4 fully saturated rings. The minimum absolute atomic E-state index is 0.137. The van der Waals surface area contributed by atoms with Gasteiger partial charge in [-0.2, -0.15) is 0 Å². The predicted molar refractivity (Wildman–Crippen MR) is 196 cm³/mol. The van der Waals surface area contributed by atoms with Crippen molar-refractivity contribution in [3.8, 4) is 0 Å². The van der Waals surface area contributed by atoms with E-state index in [1.165, 1.54) is 56.5 Å². The average molecular weight is 697 g/mol. The Labute approximate surface area is 296 Å². The van der Waals surface area contributed by atoms with Gasteiger partial charge in [-0.3, -0.25) is 29.0 Å². The van der Waals surface area contributed by atoms with Gasteiger partial charge in [-0.05, 0) is 88.4 Å². The number of nitrogens with zero attached hydrogens (tertiary/aromatic N) is 5. The van der Waals surface area contributed by atoms with Crippen LogP contribution in [0.2, 0.25) is 0 Å². The Kier molecular flexibility index (Phi) is 13.5. The molecule has 13 heteroatoms. The molecule has 1 aromatic rings. The summed E-state index contributed by atoms with van der Waals surface area (Å²) in [5.74, 6) is -0.578. The van der Waals surface area contributed by atoms with Crippen LogP contribution in [-0.4, -0.2) is 135 Å². The maximum Gasteiger partial charge on any atom is 0.255 e. The van der Waals surface area contributed by atoms with Gasteiger partial charge in [-0.1, -0.05) is 18.0 Å². The number of aliphatic imine (C=N–C) groups is 1. The highest BCUT2D eigenvalue weighted by atomic mass is 32.2. The number of piperidine rings is 3. The molecule has 1 saturated carbocycles. The number of rotatable bonds is 15. The van der Waals surface area contributed by atoms with Crippen LogP contribution in [-0.2, 0) is 9.59 Å². The molecule has 1 spiro atoms. The molecule has 3 aliphatic heterocycles. The van der Waals surface area contributed by atoms with Crippen molar-refractivity contribution in [2.75, 3.05) is 72.0 Å². The Morgan fingerprint density at radius 2 is 1.78 bits per heavy atom. The van der Waals surface area contributed by atoms with Crippen molar-refractivity contribution >= 4 is 48.4 Å². The first kappa shape index (κ1) is 37.3. The molecule has 0 bridgehead atoms. The van der Waals surface area contributed by atoms with Crippen LogP contribution in [0.3, 0.4) is 0 Å². The van der Waals surface area contributed by atoms with Crippen LogP contribution < -0.4 is 20.9 Å². The fourth-order valence-electron chi connectivity index (χ4n) is 8.13. The van der Waals surface area contributed by atoms with Crippen molar-refractivity contribution in [3.05, 3.63) is 29.3 Å². The predicted octanol–water partition coefficient (Wildman–Crippen LogP) is 2.79. The van der Waals surface area contributed by atoms with Crippen LogP contribution in [0.4, 0.5) is 5.69 Å². The molecule has 49 heavy (non-hydrogen) atoms. The quantitative estimate of drug-likeness (QED) is 0.0629. The van der Waals surface area contributed by atoms with Gasteiger partial charge in [0, 0.05) is 76.8 Å². The number of hydrogen-bond donors (Lipinski definition) is 3. The number of nitrogens with one attached hydrogen (secondary N) is 3. The van der Waals surface area contributed by atoms with Crippen molar-refractivity contribution in [2.45, 2.75) is 87.6 Å². The first-order valence-electron chi connectivity index (χ1n) is 18.1. The highest BCUT2D eigenvalue weighted by molar-refractivity contribution is 7.97. The van der Waals surface area contributed by atoms with E-state index in [0.717, 1.165) is 62.9 Å². The van der Waals surface area contributed by atoms with E-state index < -0.39 is 6.04 Å². The van der Waals surface area contributed by atoms with Crippen LogP contribution in [0.1, 0.15) is 84.9 Å². The standard InChI is InChI=1S/C36H56N8O4S/c1-37-25-39-26-40-27-9-17-44(18-10-27)49-30-11-15-42(16-12-30)29-21-36(22-29)13-19-43(20-14-36)33-6-4-5-31(32(33)24-46)35(48)41(3)28(23-45)7-8-34(47)38-2/h4-6,23-25,27-30,40H,7-22,26H2,1-3H3,(H,37,39)(H,38,47). The summed E-state index contributed by atoms with van der Waals surface area (Å²) in [5.41, 5.74) is 1.82. The molecular formula is C36H56N8O4S. The Morgan fingerprint density at radius 3 is 2.41 bits per heavy atom. The van der Waals surface area contributed by atoms with Crippen molar-refractivity contribution in [1.82, 2.24) is 30.1 Å². The zero-order valence-corrected chi connectivity index (χ0v) is 30.4. The molecule has 0 aromatic heterocycles. The lowest BCUT2D eigenvalue weighted by atomic mass is 9.59. The van der Waals surface area contributed by atoms with E-state index in [4.69, 9.17) is 0 Å². The molecule has 3 N–H and O–H groups in total. The number of likely N-dealkylation sites (tertiary alicyclic amines) is 1. The lowest BCUT2D eigenvalue weighted by Gasteiger charge is -2.56. The Morgan fingerprint density at radius 1 is 1.06 bits per heavy atom. The van der Waals surface area contributed by atoms with Gasteiger partial charge < -0.3 is 30.1 Å². The monoisotopic (exact) mass is 696 g/mol. The van der Waals surface area contributed by atoms with E-state index in [9.17, 15) is 19.2 Å². The number of benzene rings is 1. The fourth-order valence-corrected chi connectivity index (χ4v) is 9.39. The maximum absolute atomic E-state index is 13.5. The first-order valence-corrected chi connectivity index (χ1v) is 18.9. The van der Waals surface area contributed by atoms with Gasteiger partial charge in [0.1, 0.15) is 6.29 Å². The van der Waals surface area contributed by atoms with Crippen molar-refractivity contribution < 1.29 is 19.2 Å². The molecule has 0 radical (unpaired) electrons. The summed E-state index contributed by atoms with van der Waals surface area (Å²) in [6.07, 6.45) is 13.2. The van der Waals surface area contributed by atoms with Crippen LogP contribution in [0, 0.1) is 5.41 Å². The Balaban J connectivity index is 1.05. The highest BCUT2D eigenvalue weighted by Crippen LogP contribution is 2.52. The second kappa shape index (κ2) is 17.8. The average Bonchev–Trinajstić information content (AvgIpc) is 3.12. The van der Waals surface area contributed by atoms with E-state index in [1.807, 2.05) is 12.1 Å². The normalized spacial score (nSPS) is 21.7. The number of carbonyl (C=O) groups excluding carboxylic acids is 4. The molecule has 1 unspecified atom stereocenters. The molecule has 12 nitrogen and oxygen atoms in total. The van der Waals surface area contributed by atoms with E-state index in [-0.39, 0.29) is 24.7 Å². The molecular weight excluding hydrogens is 641 g/mol. The molecule has 4 aliphatic rings. The second-order valence-corrected chi connectivity index (χ2v) is 15.6. The number of amides is 2. The number of carbonyl (C=O) groups is 4. The van der Waals surface area contributed by atoms with Crippen LogP contribution >= 0.6 is 11.9 Å². The summed E-state index contributed by atoms with van der Waals surface area (Å²) in [5, 5.41) is 10.0. The third-order valence-corrected chi connectivity index (χ3v) is 12.7. The molecule has 3 saturated heterocycles. The Bertz CT molecular complexity index is 1300. The molecule has 5 rings (SSSR count). The van der Waals surface area contributed by atoms with Crippen molar-refractivity contribution in [1.29, 1.82) is 0 Å². The minimum Gasteiger partial charge on any atom is -0.371 e. The third kappa shape index (κ3) is 9.42. The molecule has 3 heterocycles. The Hall–Kier alpha value is -3.00. The SMILES string of the molecule is CN=CNCNC1CCN(SC2CCN(C3CC4(CCN(c5cccc(C(=O)N(C)C(C=O)CCC(=O)NC)c5C=O)CC4)C3)CC2)CC1. The van der Waals surface area contributed by atoms with E-state index in [1.54, 1.807) is 33.5 Å². The van der Waals surface area contributed by atoms with Gasteiger partial charge in [0.15, 0.2) is 6.29 Å². The van der Waals surface area contributed by atoms with Gasteiger partial charge in [0.2, 0.25) is 5.91 Å². The number of hydrogen-bond acceptors (Lipinski definition) is 10. The van der Waals surface area contributed by atoms with E-state index in [0.29, 0.717) is 34.9 Å². The van der Waals surface area contributed by atoms with E-state index >= 15 is 0 Å². The lowest BCUT2D eigenvalue weighted by Crippen LogP contribution is -2.56. The molecule has 1 atom stereocenters. The molecule has 1 aliphatic carbocycles. The maximum atomic E-state index is 13.5. The summed E-state index contributed by atoms with van der Waals surface area (Å²) in [6, 6.07) is 5.91. The summed E-state index contributed by atoms with van der Waals surface area (Å²) >= 11 is 2.11. The van der Waals surface area contributed by atoms with Gasteiger partial charge in [-0.25, -0.2) is 0 Å². The van der Waals surface area contributed by atoms with Crippen LogP contribution in [0.5, 0.6) is 0 Å². The first-order chi connectivity index (χ1) is 23.8. The van der Waals surface area contributed by atoms with Gasteiger partial charge in [0.25, 0.3) is 5.91 Å².